The number of carboxylic acid groups (broad SMARTS) is 2. The van der Waals surface area contributed by atoms with Crippen LogP contribution >= 0.6 is 11.3 Å². The van der Waals surface area contributed by atoms with E-state index < -0.39 is 17.8 Å². The van der Waals surface area contributed by atoms with Crippen molar-refractivity contribution in [1.29, 1.82) is 0 Å². The molecule has 0 atom stereocenters. The predicted molar refractivity (Wildman–Crippen MR) is 73.3 cm³/mol. The molecular formula is C13H13NO5S. The van der Waals surface area contributed by atoms with Crippen molar-refractivity contribution < 1.29 is 24.6 Å². The van der Waals surface area contributed by atoms with E-state index in [9.17, 15) is 19.5 Å². The molecule has 0 aromatic carbocycles. The molecule has 1 aliphatic rings. The summed E-state index contributed by atoms with van der Waals surface area (Å²) in [6.07, 6.45) is 5.06. The van der Waals surface area contributed by atoms with Crippen LogP contribution in [0.15, 0.2) is 12.2 Å². The van der Waals surface area contributed by atoms with Gasteiger partial charge in [-0.25, -0.2) is 9.59 Å². The van der Waals surface area contributed by atoms with Crippen molar-refractivity contribution in [2.45, 2.75) is 25.7 Å². The smallest absolute Gasteiger partial charge is 0.339 e. The summed E-state index contributed by atoms with van der Waals surface area (Å²) in [5, 5.41) is 20.5. The van der Waals surface area contributed by atoms with Crippen molar-refractivity contribution >= 4 is 34.2 Å². The quantitative estimate of drug-likeness (QED) is 0.736. The number of anilines is 1. The molecule has 0 spiro atoms. The molecule has 1 aromatic rings. The maximum absolute atomic E-state index is 11.6. The van der Waals surface area contributed by atoms with Crippen molar-refractivity contribution in [3.05, 3.63) is 28.2 Å². The maximum atomic E-state index is 11.6. The van der Waals surface area contributed by atoms with E-state index in [1.54, 1.807) is 0 Å². The third-order valence-corrected chi connectivity index (χ3v) is 4.21. The molecule has 1 aliphatic carbocycles. The fourth-order valence-electron chi connectivity index (χ4n) is 2.18. The molecule has 1 amide bonds. The summed E-state index contributed by atoms with van der Waals surface area (Å²) in [6, 6.07) is 0. The number of rotatable bonds is 4. The molecule has 7 heteroatoms. The summed E-state index contributed by atoms with van der Waals surface area (Å²) >= 11 is 1.26. The van der Waals surface area contributed by atoms with E-state index >= 15 is 0 Å². The van der Waals surface area contributed by atoms with Gasteiger partial charge in [-0.15, -0.1) is 11.3 Å². The van der Waals surface area contributed by atoms with Crippen molar-refractivity contribution in [1.82, 2.24) is 0 Å². The summed E-state index contributed by atoms with van der Waals surface area (Å²) in [5.74, 6) is -2.94. The molecule has 0 saturated heterocycles. The van der Waals surface area contributed by atoms with Crippen LogP contribution in [0, 0.1) is 0 Å². The molecule has 106 valence electrons. The fourth-order valence-corrected chi connectivity index (χ4v) is 3.47. The number of thiophene rings is 1. The summed E-state index contributed by atoms with van der Waals surface area (Å²) in [7, 11) is 0. The molecule has 2 rings (SSSR count). The highest BCUT2D eigenvalue weighted by Crippen LogP contribution is 2.38. The number of nitrogens with one attached hydrogen (secondary N) is 1. The van der Waals surface area contributed by atoms with Crippen LogP contribution in [0.3, 0.4) is 0 Å². The molecule has 0 fully saturated rings. The van der Waals surface area contributed by atoms with Crippen LogP contribution in [0.5, 0.6) is 0 Å². The largest absolute Gasteiger partial charge is 0.478 e. The van der Waals surface area contributed by atoms with Gasteiger partial charge >= 0.3 is 11.9 Å². The lowest BCUT2D eigenvalue weighted by atomic mass is 9.95. The van der Waals surface area contributed by atoms with Gasteiger partial charge in [0.1, 0.15) is 5.00 Å². The van der Waals surface area contributed by atoms with Gasteiger partial charge in [0, 0.05) is 17.0 Å². The van der Waals surface area contributed by atoms with Gasteiger partial charge in [-0.1, -0.05) is 0 Å². The van der Waals surface area contributed by atoms with E-state index in [1.165, 1.54) is 11.3 Å². The average Bonchev–Trinajstić information content (AvgIpc) is 2.74. The Bertz CT molecular complexity index is 602. The second-order valence-corrected chi connectivity index (χ2v) is 5.49. The van der Waals surface area contributed by atoms with Gasteiger partial charge in [0.15, 0.2) is 0 Å². The fraction of sp³-hybridized carbons (Fsp3) is 0.308. The number of hydrogen-bond acceptors (Lipinski definition) is 4. The number of amides is 1. The zero-order chi connectivity index (χ0) is 14.7. The van der Waals surface area contributed by atoms with Gasteiger partial charge in [-0.2, -0.15) is 0 Å². The highest BCUT2D eigenvalue weighted by Gasteiger charge is 2.25. The van der Waals surface area contributed by atoms with Gasteiger partial charge < -0.3 is 15.5 Å². The number of hydrogen-bond donors (Lipinski definition) is 3. The summed E-state index contributed by atoms with van der Waals surface area (Å²) in [6.45, 7) is 0. The Hall–Kier alpha value is -2.15. The first-order valence-electron chi connectivity index (χ1n) is 6.09. The number of aryl methyl sites for hydroxylation is 1. The molecule has 6 nitrogen and oxygen atoms in total. The highest BCUT2D eigenvalue weighted by molar-refractivity contribution is 7.17. The van der Waals surface area contributed by atoms with Crippen molar-refractivity contribution in [3.63, 3.8) is 0 Å². The maximum Gasteiger partial charge on any atom is 0.339 e. The molecular weight excluding hydrogens is 282 g/mol. The Morgan fingerprint density at radius 1 is 1.10 bits per heavy atom. The standard InChI is InChI=1S/C13H13NO5S/c15-9(5-6-10(16)17)14-12-11(13(18)19)7-3-1-2-4-8(7)20-12/h5-6H,1-4H2,(H,14,15)(H,16,17)(H,18,19)/b6-5+. The number of carboxylic acids is 2. The Morgan fingerprint density at radius 3 is 2.45 bits per heavy atom. The topological polar surface area (TPSA) is 104 Å². The van der Waals surface area contributed by atoms with Gasteiger partial charge in [0.05, 0.1) is 5.56 Å². The predicted octanol–water partition coefficient (Wildman–Crippen LogP) is 1.90. The number of aromatic carboxylic acids is 1. The van der Waals surface area contributed by atoms with Crippen molar-refractivity contribution in [2.24, 2.45) is 0 Å². The summed E-state index contributed by atoms with van der Waals surface area (Å²) in [4.78, 5) is 34.2. The lowest BCUT2D eigenvalue weighted by Crippen LogP contribution is -2.12. The van der Waals surface area contributed by atoms with Gasteiger partial charge in [0.25, 0.3) is 0 Å². The lowest BCUT2D eigenvalue weighted by molar-refractivity contribution is -0.131. The van der Waals surface area contributed by atoms with Crippen molar-refractivity contribution in [2.75, 3.05) is 5.32 Å². The Kier molecular flexibility index (Phi) is 4.19. The zero-order valence-electron chi connectivity index (χ0n) is 10.5. The minimum absolute atomic E-state index is 0.141. The second-order valence-electron chi connectivity index (χ2n) is 4.38. The summed E-state index contributed by atoms with van der Waals surface area (Å²) < 4.78 is 0. The highest BCUT2D eigenvalue weighted by atomic mass is 32.1. The number of carbonyl (C=O) groups excluding carboxylic acids is 1. The van der Waals surface area contributed by atoms with Gasteiger partial charge in [-0.3, -0.25) is 4.79 Å². The first-order chi connectivity index (χ1) is 9.49. The molecule has 1 heterocycles. The molecule has 3 N–H and O–H groups in total. The molecule has 0 aliphatic heterocycles. The number of aliphatic carboxylic acids is 1. The molecule has 0 radical (unpaired) electrons. The Morgan fingerprint density at radius 2 is 1.80 bits per heavy atom. The van der Waals surface area contributed by atoms with Crippen LogP contribution in [-0.2, 0) is 22.4 Å². The van der Waals surface area contributed by atoms with Crippen LogP contribution < -0.4 is 5.32 Å². The van der Waals surface area contributed by atoms with Gasteiger partial charge in [0.2, 0.25) is 5.91 Å². The number of fused-ring (bicyclic) bond motifs is 1. The van der Waals surface area contributed by atoms with E-state index in [4.69, 9.17) is 5.11 Å². The average molecular weight is 295 g/mol. The Balaban J connectivity index is 2.27. The molecule has 0 saturated carbocycles. The third kappa shape index (κ3) is 3.05. The van der Waals surface area contributed by atoms with Crippen LogP contribution in [0.25, 0.3) is 0 Å². The van der Waals surface area contributed by atoms with Crippen LogP contribution in [0.4, 0.5) is 5.00 Å². The number of carbonyl (C=O) groups is 3. The lowest BCUT2D eigenvalue weighted by Gasteiger charge is -2.10. The molecule has 0 bridgehead atoms. The monoisotopic (exact) mass is 295 g/mol. The van der Waals surface area contributed by atoms with Crippen LogP contribution in [0.1, 0.15) is 33.6 Å². The molecule has 1 aromatic heterocycles. The minimum atomic E-state index is -1.23. The van der Waals surface area contributed by atoms with Gasteiger partial charge in [-0.05, 0) is 31.2 Å². The third-order valence-electron chi connectivity index (χ3n) is 3.00. The van der Waals surface area contributed by atoms with E-state index in [-0.39, 0.29) is 10.6 Å². The SMILES string of the molecule is O=C(O)/C=C/C(=O)Nc1sc2c(c1C(=O)O)CCCC2. The first-order valence-corrected chi connectivity index (χ1v) is 6.90. The van der Waals surface area contributed by atoms with E-state index in [0.29, 0.717) is 12.5 Å². The van der Waals surface area contributed by atoms with Crippen LogP contribution in [-0.4, -0.2) is 28.1 Å². The minimum Gasteiger partial charge on any atom is -0.478 e. The zero-order valence-corrected chi connectivity index (χ0v) is 11.3. The summed E-state index contributed by atoms with van der Waals surface area (Å²) in [5.41, 5.74) is 0.938. The first kappa shape index (κ1) is 14.3. The normalized spacial score (nSPS) is 14.0. The van der Waals surface area contributed by atoms with E-state index in [0.717, 1.165) is 35.8 Å². The molecule has 20 heavy (non-hydrogen) atoms. The molecule has 0 unspecified atom stereocenters. The Labute approximate surface area is 118 Å². The van der Waals surface area contributed by atoms with Crippen molar-refractivity contribution in [3.8, 4) is 0 Å². The second kappa shape index (κ2) is 5.87. The van der Waals surface area contributed by atoms with E-state index in [2.05, 4.69) is 5.32 Å². The van der Waals surface area contributed by atoms with E-state index in [1.807, 2.05) is 0 Å². The van der Waals surface area contributed by atoms with Crippen LogP contribution in [0.2, 0.25) is 0 Å².